The lowest BCUT2D eigenvalue weighted by molar-refractivity contribution is 0.0446. The minimum absolute atomic E-state index is 0.143. The Morgan fingerprint density at radius 3 is 2.81 bits per heavy atom. The molecule has 88 valence electrons. The summed E-state index contributed by atoms with van der Waals surface area (Å²) in [4.78, 5) is 0. The molecule has 1 spiro atoms. The van der Waals surface area contributed by atoms with Crippen molar-refractivity contribution >= 4 is 0 Å². The van der Waals surface area contributed by atoms with Crippen molar-refractivity contribution in [3.05, 3.63) is 11.8 Å². The molecule has 1 nitrogen and oxygen atoms in total. The second-order valence-corrected chi connectivity index (χ2v) is 7.45. The molecule has 4 aliphatic rings. The third-order valence-corrected chi connectivity index (χ3v) is 6.68. The van der Waals surface area contributed by atoms with Gasteiger partial charge in [0, 0.05) is 5.41 Å². The van der Waals surface area contributed by atoms with E-state index in [4.69, 9.17) is 4.74 Å². The van der Waals surface area contributed by atoms with Gasteiger partial charge in [-0.2, -0.15) is 0 Å². The zero-order chi connectivity index (χ0) is 11.3. The number of allylic oxidation sites excluding steroid dienone is 1. The maximum absolute atomic E-state index is 5.92. The van der Waals surface area contributed by atoms with E-state index in [0.29, 0.717) is 10.8 Å². The topological polar surface area (TPSA) is 12.5 Å². The van der Waals surface area contributed by atoms with Crippen molar-refractivity contribution in [1.82, 2.24) is 0 Å². The quantitative estimate of drug-likeness (QED) is 0.564. The fraction of sp³-hybridized carbons (Fsp3) is 0.867. The Hall–Kier alpha value is -0.460. The average molecular weight is 218 g/mol. The summed E-state index contributed by atoms with van der Waals surface area (Å²) in [6, 6.07) is 0. The lowest BCUT2D eigenvalue weighted by Gasteiger charge is -2.39. The molecule has 3 aliphatic carbocycles. The first kappa shape index (κ1) is 9.56. The van der Waals surface area contributed by atoms with Crippen LogP contribution in [-0.2, 0) is 4.74 Å². The van der Waals surface area contributed by atoms with Gasteiger partial charge < -0.3 is 4.74 Å². The SMILES string of the molecule is C[C@@H]1CC[C@]23C[C@H]1C(C)(C)[C@@H]2C=C1O[C@@]13C. The number of epoxide rings is 1. The Morgan fingerprint density at radius 2 is 2.06 bits per heavy atom. The van der Waals surface area contributed by atoms with Crippen molar-refractivity contribution in [2.75, 3.05) is 0 Å². The van der Waals surface area contributed by atoms with E-state index in [1.54, 1.807) is 0 Å². The average Bonchev–Trinajstić information content (AvgIpc) is 2.76. The molecule has 16 heavy (non-hydrogen) atoms. The number of hydrogen-bond acceptors (Lipinski definition) is 1. The highest BCUT2D eigenvalue weighted by Gasteiger charge is 2.77. The summed E-state index contributed by atoms with van der Waals surface area (Å²) in [5.74, 6) is 3.91. The monoisotopic (exact) mass is 218 g/mol. The van der Waals surface area contributed by atoms with Gasteiger partial charge in [0.1, 0.15) is 5.76 Å². The number of rotatable bonds is 0. The van der Waals surface area contributed by atoms with Crippen LogP contribution in [0.1, 0.15) is 47.0 Å². The predicted molar refractivity (Wildman–Crippen MR) is 63.8 cm³/mol. The lowest BCUT2D eigenvalue weighted by Crippen LogP contribution is -2.39. The van der Waals surface area contributed by atoms with Crippen LogP contribution in [0, 0.1) is 28.6 Å². The Bertz CT molecular complexity index is 408. The van der Waals surface area contributed by atoms with Gasteiger partial charge >= 0.3 is 0 Å². The third-order valence-electron chi connectivity index (χ3n) is 6.68. The molecule has 2 saturated carbocycles. The van der Waals surface area contributed by atoms with E-state index >= 15 is 0 Å². The zero-order valence-corrected chi connectivity index (χ0v) is 10.8. The van der Waals surface area contributed by atoms with Gasteiger partial charge in [-0.05, 0) is 55.4 Å². The van der Waals surface area contributed by atoms with E-state index in [0.717, 1.165) is 17.8 Å². The van der Waals surface area contributed by atoms with Crippen LogP contribution in [0.15, 0.2) is 11.8 Å². The summed E-state index contributed by atoms with van der Waals surface area (Å²) in [6.07, 6.45) is 6.68. The van der Waals surface area contributed by atoms with Crippen molar-refractivity contribution in [3.8, 4) is 0 Å². The highest BCUT2D eigenvalue weighted by molar-refractivity contribution is 5.42. The maximum Gasteiger partial charge on any atom is 0.168 e. The Morgan fingerprint density at radius 1 is 1.31 bits per heavy atom. The van der Waals surface area contributed by atoms with Crippen LogP contribution < -0.4 is 0 Å². The van der Waals surface area contributed by atoms with Gasteiger partial charge in [0.2, 0.25) is 0 Å². The van der Waals surface area contributed by atoms with Crippen LogP contribution in [0.2, 0.25) is 0 Å². The molecule has 2 bridgehead atoms. The molecule has 1 saturated heterocycles. The molecule has 0 aromatic heterocycles. The summed E-state index contributed by atoms with van der Waals surface area (Å²) in [5, 5.41) is 0. The minimum Gasteiger partial charge on any atom is -0.479 e. The van der Waals surface area contributed by atoms with Crippen molar-refractivity contribution in [3.63, 3.8) is 0 Å². The number of ether oxygens (including phenoxy) is 1. The van der Waals surface area contributed by atoms with Gasteiger partial charge in [-0.15, -0.1) is 0 Å². The lowest BCUT2D eigenvalue weighted by atomic mass is 9.64. The molecule has 0 aromatic rings. The Balaban J connectivity index is 1.89. The molecule has 1 heteroatoms. The number of hydrogen-bond donors (Lipinski definition) is 0. The maximum atomic E-state index is 5.92. The summed E-state index contributed by atoms with van der Waals surface area (Å²) < 4.78 is 5.92. The molecule has 1 aliphatic heterocycles. The largest absolute Gasteiger partial charge is 0.479 e. The first-order valence-corrected chi connectivity index (χ1v) is 6.83. The van der Waals surface area contributed by atoms with E-state index in [1.807, 2.05) is 0 Å². The van der Waals surface area contributed by atoms with Crippen LogP contribution in [0.4, 0.5) is 0 Å². The normalized spacial score (nSPS) is 59.8. The van der Waals surface area contributed by atoms with Crippen LogP contribution in [-0.4, -0.2) is 5.60 Å². The summed E-state index contributed by atoms with van der Waals surface area (Å²) in [6.45, 7) is 9.79. The van der Waals surface area contributed by atoms with Crippen LogP contribution in [0.3, 0.4) is 0 Å². The van der Waals surface area contributed by atoms with Gasteiger partial charge in [-0.25, -0.2) is 0 Å². The van der Waals surface area contributed by atoms with Crippen LogP contribution >= 0.6 is 0 Å². The van der Waals surface area contributed by atoms with E-state index in [1.165, 1.54) is 25.0 Å². The first-order chi connectivity index (χ1) is 7.42. The molecule has 0 radical (unpaired) electrons. The second kappa shape index (κ2) is 2.23. The molecule has 0 amide bonds. The third kappa shape index (κ3) is 0.716. The van der Waals surface area contributed by atoms with Gasteiger partial charge in [-0.3, -0.25) is 0 Å². The standard InChI is InChI=1S/C15H22O/c1-9-5-6-15-8-10(9)13(2,3)11(15)7-12-14(15,4)16-12/h7,9-11H,5-6,8H2,1-4H3/t9-,10-,11+,14+,15+/m1/s1. The minimum atomic E-state index is 0.143. The Kier molecular flexibility index (Phi) is 1.33. The molecule has 5 atom stereocenters. The fourth-order valence-corrected chi connectivity index (χ4v) is 5.59. The van der Waals surface area contributed by atoms with E-state index in [9.17, 15) is 0 Å². The summed E-state index contributed by atoms with van der Waals surface area (Å²) >= 11 is 0. The highest BCUT2D eigenvalue weighted by Crippen LogP contribution is 2.78. The van der Waals surface area contributed by atoms with Crippen molar-refractivity contribution in [1.29, 1.82) is 0 Å². The first-order valence-electron chi connectivity index (χ1n) is 6.83. The van der Waals surface area contributed by atoms with Gasteiger partial charge in [0.15, 0.2) is 5.60 Å². The van der Waals surface area contributed by atoms with Crippen molar-refractivity contribution in [2.45, 2.75) is 52.6 Å². The molecule has 0 N–H and O–H groups in total. The predicted octanol–water partition coefficient (Wildman–Crippen LogP) is 3.75. The second-order valence-electron chi connectivity index (χ2n) is 7.45. The molecule has 0 aromatic carbocycles. The van der Waals surface area contributed by atoms with E-state index < -0.39 is 0 Å². The van der Waals surface area contributed by atoms with Crippen molar-refractivity contribution < 1.29 is 4.74 Å². The van der Waals surface area contributed by atoms with Gasteiger partial charge in [-0.1, -0.05) is 20.8 Å². The van der Waals surface area contributed by atoms with Gasteiger partial charge in [0.25, 0.3) is 0 Å². The van der Waals surface area contributed by atoms with Gasteiger partial charge in [0.05, 0.1) is 0 Å². The van der Waals surface area contributed by atoms with Crippen LogP contribution in [0.25, 0.3) is 0 Å². The summed E-state index contributed by atoms with van der Waals surface area (Å²) in [5.41, 5.74) is 1.11. The zero-order valence-electron chi connectivity index (χ0n) is 10.8. The molecule has 0 unspecified atom stereocenters. The molecular formula is C15H22O. The molecular weight excluding hydrogens is 196 g/mol. The smallest absolute Gasteiger partial charge is 0.168 e. The molecule has 1 heterocycles. The molecule has 3 fully saturated rings. The van der Waals surface area contributed by atoms with Crippen LogP contribution in [0.5, 0.6) is 0 Å². The van der Waals surface area contributed by atoms with E-state index in [-0.39, 0.29) is 5.60 Å². The fourth-order valence-electron chi connectivity index (χ4n) is 5.59. The molecule has 4 rings (SSSR count). The Labute approximate surface area is 98.2 Å². The van der Waals surface area contributed by atoms with E-state index in [2.05, 4.69) is 33.8 Å². The number of fused-ring (bicyclic) bond motifs is 2. The van der Waals surface area contributed by atoms with Crippen molar-refractivity contribution in [2.24, 2.45) is 28.6 Å². The highest BCUT2D eigenvalue weighted by atomic mass is 16.6. The summed E-state index contributed by atoms with van der Waals surface area (Å²) in [7, 11) is 0.